The van der Waals surface area contributed by atoms with Crippen LogP contribution in [0.25, 0.3) is 10.9 Å². The molecule has 0 atom stereocenters. The van der Waals surface area contributed by atoms with E-state index in [1.54, 1.807) is 0 Å². The van der Waals surface area contributed by atoms with Gasteiger partial charge in [0.2, 0.25) is 5.95 Å². The Kier molecular flexibility index (Phi) is 2.63. The number of hydrogen-bond donors (Lipinski definition) is 1. The first-order valence-corrected chi connectivity index (χ1v) is 5.25. The van der Waals surface area contributed by atoms with E-state index in [-0.39, 0.29) is 0 Å². The van der Waals surface area contributed by atoms with Crippen LogP contribution in [0.2, 0.25) is 0 Å². The molecule has 0 amide bonds. The Labute approximate surface area is 90.7 Å². The Bertz CT molecular complexity index is 456. The maximum atomic E-state index is 4.36. The van der Waals surface area contributed by atoms with Crippen molar-refractivity contribution in [1.29, 1.82) is 0 Å². The molecule has 0 saturated carbocycles. The minimum Gasteiger partial charge on any atom is -0.354 e. The van der Waals surface area contributed by atoms with Gasteiger partial charge in [0.1, 0.15) is 0 Å². The number of halogens is 1. The largest absolute Gasteiger partial charge is 0.354 e. The van der Waals surface area contributed by atoms with Gasteiger partial charge < -0.3 is 5.32 Å². The Morgan fingerprint density at radius 1 is 1.43 bits per heavy atom. The molecule has 0 radical (unpaired) electrons. The molecular formula is C10H10BrN3. The molecule has 4 heteroatoms. The number of aromatic nitrogens is 2. The molecule has 0 aliphatic carbocycles. The van der Waals surface area contributed by atoms with E-state index in [1.807, 2.05) is 31.3 Å². The molecule has 0 bridgehead atoms. The van der Waals surface area contributed by atoms with Crippen molar-refractivity contribution in [2.45, 2.75) is 6.92 Å². The molecule has 0 aliphatic rings. The Morgan fingerprint density at radius 2 is 2.29 bits per heavy atom. The molecular weight excluding hydrogens is 242 g/mol. The second kappa shape index (κ2) is 3.92. The van der Waals surface area contributed by atoms with Crippen LogP contribution in [-0.2, 0) is 0 Å². The van der Waals surface area contributed by atoms with Crippen LogP contribution < -0.4 is 5.32 Å². The highest BCUT2D eigenvalue weighted by atomic mass is 79.9. The van der Waals surface area contributed by atoms with Gasteiger partial charge in [0.15, 0.2) is 0 Å². The smallest absolute Gasteiger partial charge is 0.223 e. The first-order valence-electron chi connectivity index (χ1n) is 4.46. The number of nitrogens with zero attached hydrogens (tertiary/aromatic N) is 2. The van der Waals surface area contributed by atoms with Gasteiger partial charge in [0.25, 0.3) is 0 Å². The van der Waals surface area contributed by atoms with Gasteiger partial charge in [0.05, 0.1) is 5.52 Å². The highest BCUT2D eigenvalue weighted by molar-refractivity contribution is 9.10. The monoisotopic (exact) mass is 251 g/mol. The summed E-state index contributed by atoms with van der Waals surface area (Å²) in [5, 5.41) is 4.12. The highest BCUT2D eigenvalue weighted by Gasteiger charge is 1.98. The van der Waals surface area contributed by atoms with Gasteiger partial charge in [-0.25, -0.2) is 9.97 Å². The van der Waals surface area contributed by atoms with Crippen LogP contribution in [0.15, 0.2) is 28.9 Å². The van der Waals surface area contributed by atoms with E-state index in [0.717, 1.165) is 21.9 Å². The van der Waals surface area contributed by atoms with E-state index in [1.165, 1.54) is 0 Å². The zero-order valence-electron chi connectivity index (χ0n) is 7.79. The average Bonchev–Trinajstić information content (AvgIpc) is 2.19. The topological polar surface area (TPSA) is 37.8 Å². The summed E-state index contributed by atoms with van der Waals surface area (Å²) in [5.41, 5.74) is 0.958. The lowest BCUT2D eigenvalue weighted by Gasteiger charge is -2.02. The fourth-order valence-electron chi connectivity index (χ4n) is 1.25. The number of fused-ring (bicyclic) bond motifs is 1. The van der Waals surface area contributed by atoms with Gasteiger partial charge in [-0.05, 0) is 25.1 Å². The van der Waals surface area contributed by atoms with Crippen molar-refractivity contribution in [3.63, 3.8) is 0 Å². The van der Waals surface area contributed by atoms with E-state index in [4.69, 9.17) is 0 Å². The molecule has 14 heavy (non-hydrogen) atoms. The third-order valence-electron chi connectivity index (χ3n) is 1.88. The summed E-state index contributed by atoms with van der Waals surface area (Å²) in [6.45, 7) is 2.86. The zero-order valence-corrected chi connectivity index (χ0v) is 9.37. The standard InChI is InChI=1S/C10H10BrN3/c1-2-12-10-13-6-7-5-8(11)3-4-9(7)14-10/h3-6H,2H2,1H3,(H,12,13,14). The van der Waals surface area contributed by atoms with Crippen LogP contribution in [0.4, 0.5) is 5.95 Å². The molecule has 2 rings (SSSR count). The maximum Gasteiger partial charge on any atom is 0.223 e. The average molecular weight is 252 g/mol. The molecule has 1 heterocycles. The van der Waals surface area contributed by atoms with E-state index in [2.05, 4.69) is 31.2 Å². The summed E-state index contributed by atoms with van der Waals surface area (Å²) in [5.74, 6) is 0.683. The van der Waals surface area contributed by atoms with Crippen LogP contribution in [0.3, 0.4) is 0 Å². The molecule has 0 spiro atoms. The highest BCUT2D eigenvalue weighted by Crippen LogP contribution is 2.18. The van der Waals surface area contributed by atoms with E-state index in [0.29, 0.717) is 5.95 Å². The van der Waals surface area contributed by atoms with Gasteiger partial charge in [-0.2, -0.15) is 0 Å². The summed E-state index contributed by atoms with van der Waals surface area (Å²) >= 11 is 3.41. The van der Waals surface area contributed by atoms with Gasteiger partial charge in [-0.15, -0.1) is 0 Å². The molecule has 0 fully saturated rings. The molecule has 1 aromatic carbocycles. The molecule has 1 N–H and O–H groups in total. The number of anilines is 1. The number of hydrogen-bond acceptors (Lipinski definition) is 3. The number of rotatable bonds is 2. The zero-order chi connectivity index (χ0) is 9.97. The lowest BCUT2D eigenvalue weighted by molar-refractivity contribution is 1.11. The van der Waals surface area contributed by atoms with Gasteiger partial charge >= 0.3 is 0 Å². The second-order valence-corrected chi connectivity index (χ2v) is 3.84. The van der Waals surface area contributed by atoms with E-state index < -0.39 is 0 Å². The summed E-state index contributed by atoms with van der Waals surface area (Å²) in [6, 6.07) is 5.96. The lowest BCUT2D eigenvalue weighted by Crippen LogP contribution is -2.01. The van der Waals surface area contributed by atoms with Crippen molar-refractivity contribution in [1.82, 2.24) is 9.97 Å². The Morgan fingerprint density at radius 3 is 3.07 bits per heavy atom. The van der Waals surface area contributed by atoms with Crippen molar-refractivity contribution in [2.24, 2.45) is 0 Å². The Hall–Kier alpha value is -1.16. The maximum absolute atomic E-state index is 4.36. The van der Waals surface area contributed by atoms with Crippen molar-refractivity contribution in [3.8, 4) is 0 Å². The van der Waals surface area contributed by atoms with Gasteiger partial charge in [-0.1, -0.05) is 15.9 Å². The third kappa shape index (κ3) is 1.85. The summed E-state index contributed by atoms with van der Waals surface area (Å²) in [7, 11) is 0. The molecule has 2 aromatic rings. The van der Waals surface area contributed by atoms with Crippen molar-refractivity contribution < 1.29 is 0 Å². The third-order valence-corrected chi connectivity index (χ3v) is 2.37. The molecule has 0 aliphatic heterocycles. The molecule has 72 valence electrons. The van der Waals surface area contributed by atoms with Gasteiger partial charge in [-0.3, -0.25) is 0 Å². The van der Waals surface area contributed by atoms with Crippen molar-refractivity contribution >= 4 is 32.8 Å². The van der Waals surface area contributed by atoms with Crippen LogP contribution >= 0.6 is 15.9 Å². The minimum atomic E-state index is 0.683. The fourth-order valence-corrected chi connectivity index (χ4v) is 1.63. The summed E-state index contributed by atoms with van der Waals surface area (Å²) in [6.07, 6.45) is 1.82. The van der Waals surface area contributed by atoms with Crippen molar-refractivity contribution in [3.05, 3.63) is 28.9 Å². The van der Waals surface area contributed by atoms with Crippen LogP contribution in [0.5, 0.6) is 0 Å². The quantitative estimate of drug-likeness (QED) is 0.892. The molecule has 1 aromatic heterocycles. The first kappa shape index (κ1) is 9.40. The van der Waals surface area contributed by atoms with E-state index in [9.17, 15) is 0 Å². The first-order chi connectivity index (χ1) is 6.79. The van der Waals surface area contributed by atoms with Crippen LogP contribution in [0, 0.1) is 0 Å². The summed E-state index contributed by atoms with van der Waals surface area (Å²) in [4.78, 5) is 8.56. The fraction of sp³-hybridized carbons (Fsp3) is 0.200. The lowest BCUT2D eigenvalue weighted by atomic mass is 10.2. The second-order valence-electron chi connectivity index (χ2n) is 2.93. The Balaban J connectivity index is 2.50. The normalized spacial score (nSPS) is 10.4. The SMILES string of the molecule is CCNc1ncc2cc(Br)ccc2n1. The van der Waals surface area contributed by atoms with Gasteiger partial charge in [0, 0.05) is 22.6 Å². The molecule has 0 unspecified atom stereocenters. The predicted molar refractivity (Wildman–Crippen MR) is 61.4 cm³/mol. The number of nitrogens with one attached hydrogen (secondary N) is 1. The van der Waals surface area contributed by atoms with Crippen molar-refractivity contribution in [2.75, 3.05) is 11.9 Å². The van der Waals surface area contributed by atoms with Crippen LogP contribution in [0.1, 0.15) is 6.92 Å². The van der Waals surface area contributed by atoms with E-state index >= 15 is 0 Å². The summed E-state index contributed by atoms with van der Waals surface area (Å²) < 4.78 is 1.05. The molecule has 0 saturated heterocycles. The molecule has 3 nitrogen and oxygen atoms in total. The number of benzene rings is 1. The minimum absolute atomic E-state index is 0.683. The van der Waals surface area contributed by atoms with Crippen LogP contribution in [-0.4, -0.2) is 16.5 Å². The predicted octanol–water partition coefficient (Wildman–Crippen LogP) is 2.82.